The molecule has 1 N–H and O–H groups in total. The Morgan fingerprint density at radius 1 is 1.19 bits per heavy atom. The van der Waals surface area contributed by atoms with Crippen molar-refractivity contribution in [2.75, 3.05) is 5.32 Å². The van der Waals surface area contributed by atoms with E-state index in [9.17, 15) is 0 Å². The Kier molecular flexibility index (Phi) is 4.82. The summed E-state index contributed by atoms with van der Waals surface area (Å²) >= 11 is 0. The third-order valence-corrected chi connectivity index (χ3v) is 4.79. The van der Waals surface area contributed by atoms with Gasteiger partial charge in [0.2, 0.25) is 5.65 Å². The zero-order chi connectivity index (χ0) is 18.6. The fourth-order valence-corrected chi connectivity index (χ4v) is 3.26. The lowest BCUT2D eigenvalue weighted by Gasteiger charge is -2.21. The first-order valence-electron chi connectivity index (χ1n) is 9.23. The van der Waals surface area contributed by atoms with Gasteiger partial charge in [0, 0.05) is 18.9 Å². The Labute approximate surface area is 158 Å². The molecule has 0 fully saturated rings. The van der Waals surface area contributed by atoms with Crippen molar-refractivity contribution in [3.63, 3.8) is 0 Å². The second kappa shape index (κ2) is 7.57. The number of benzene rings is 1. The lowest BCUT2D eigenvalue weighted by molar-refractivity contribution is 0.573. The summed E-state index contributed by atoms with van der Waals surface area (Å²) < 4.78 is 3.91. The number of fused-ring (bicyclic) bond motifs is 1. The molecule has 0 saturated carbocycles. The van der Waals surface area contributed by atoms with Crippen LogP contribution in [0.3, 0.4) is 0 Å². The maximum Gasteiger partial charge on any atom is 0.200 e. The molecule has 7 nitrogen and oxygen atoms in total. The van der Waals surface area contributed by atoms with Gasteiger partial charge in [-0.3, -0.25) is 0 Å². The standard InChI is InChI=1S/C20H23N7/c1-3-17-13-19(20-24-22-14-27(20)25-17)23-18(16-7-5-4-6-8-16)9-11-26-12-10-21-15(26)2/h4-8,10,12-14,18,23H,3,9,11H2,1-2H3. The largest absolute Gasteiger partial charge is 0.375 e. The van der Waals surface area contributed by atoms with Crippen LogP contribution in [0.15, 0.2) is 55.1 Å². The van der Waals surface area contributed by atoms with Gasteiger partial charge in [0.15, 0.2) is 0 Å². The number of nitrogens with zero attached hydrogens (tertiary/aromatic N) is 6. The molecule has 1 aromatic carbocycles. The summed E-state index contributed by atoms with van der Waals surface area (Å²) in [5.74, 6) is 1.03. The Balaban J connectivity index is 1.65. The fraction of sp³-hybridized carbons (Fsp3) is 0.300. The zero-order valence-electron chi connectivity index (χ0n) is 15.6. The van der Waals surface area contributed by atoms with E-state index in [1.165, 1.54) is 5.56 Å². The molecule has 7 heteroatoms. The summed E-state index contributed by atoms with van der Waals surface area (Å²) in [5.41, 5.74) is 3.94. The summed E-state index contributed by atoms with van der Waals surface area (Å²) in [6.45, 7) is 5.01. The van der Waals surface area contributed by atoms with Crippen LogP contribution in [0.2, 0.25) is 0 Å². The molecule has 1 atom stereocenters. The van der Waals surface area contributed by atoms with Crippen molar-refractivity contribution in [3.8, 4) is 0 Å². The molecular formula is C20H23N7. The van der Waals surface area contributed by atoms with Crippen molar-refractivity contribution in [1.82, 2.24) is 29.4 Å². The first-order valence-corrected chi connectivity index (χ1v) is 9.23. The molecule has 0 aliphatic carbocycles. The van der Waals surface area contributed by atoms with E-state index in [2.05, 4.69) is 67.4 Å². The highest BCUT2D eigenvalue weighted by Gasteiger charge is 2.16. The number of hydrogen-bond donors (Lipinski definition) is 1. The van der Waals surface area contributed by atoms with Gasteiger partial charge >= 0.3 is 0 Å². The molecule has 4 rings (SSSR count). The molecule has 138 valence electrons. The molecule has 0 aliphatic rings. The molecule has 3 aromatic heterocycles. The lowest BCUT2D eigenvalue weighted by atomic mass is 10.0. The molecule has 4 aromatic rings. The second-order valence-electron chi connectivity index (χ2n) is 6.57. The van der Waals surface area contributed by atoms with Gasteiger partial charge in [0.1, 0.15) is 12.2 Å². The fourth-order valence-electron chi connectivity index (χ4n) is 3.26. The van der Waals surface area contributed by atoms with Crippen LogP contribution in [-0.4, -0.2) is 29.4 Å². The predicted molar refractivity (Wildman–Crippen MR) is 105 cm³/mol. The van der Waals surface area contributed by atoms with Gasteiger partial charge in [-0.25, -0.2) is 4.98 Å². The van der Waals surface area contributed by atoms with Gasteiger partial charge in [-0.1, -0.05) is 37.3 Å². The van der Waals surface area contributed by atoms with Gasteiger partial charge in [-0.2, -0.15) is 9.61 Å². The topological polar surface area (TPSA) is 72.9 Å². The van der Waals surface area contributed by atoms with E-state index in [-0.39, 0.29) is 6.04 Å². The van der Waals surface area contributed by atoms with E-state index in [0.29, 0.717) is 0 Å². The van der Waals surface area contributed by atoms with Crippen LogP contribution in [-0.2, 0) is 13.0 Å². The number of aromatic nitrogens is 6. The smallest absolute Gasteiger partial charge is 0.200 e. The highest BCUT2D eigenvalue weighted by molar-refractivity contribution is 5.67. The SMILES string of the molecule is CCc1cc(NC(CCn2ccnc2C)c2ccccc2)c2nncn2n1. The molecule has 27 heavy (non-hydrogen) atoms. The minimum atomic E-state index is 0.139. The number of nitrogens with one attached hydrogen (secondary N) is 1. The molecule has 1 unspecified atom stereocenters. The van der Waals surface area contributed by atoms with Crippen molar-refractivity contribution < 1.29 is 0 Å². The van der Waals surface area contributed by atoms with Crippen LogP contribution < -0.4 is 5.32 Å². The maximum atomic E-state index is 4.53. The first kappa shape index (κ1) is 17.2. The summed E-state index contributed by atoms with van der Waals surface area (Å²) in [6, 6.07) is 12.7. The molecule has 0 spiro atoms. The van der Waals surface area contributed by atoms with Crippen LogP contribution in [0.25, 0.3) is 5.65 Å². The van der Waals surface area contributed by atoms with Crippen LogP contribution in [0.5, 0.6) is 0 Å². The third kappa shape index (κ3) is 3.67. The molecular weight excluding hydrogens is 338 g/mol. The zero-order valence-corrected chi connectivity index (χ0v) is 15.6. The lowest BCUT2D eigenvalue weighted by Crippen LogP contribution is -2.15. The van der Waals surface area contributed by atoms with Crippen molar-refractivity contribution in [2.45, 2.75) is 39.3 Å². The molecule has 3 heterocycles. The first-order chi connectivity index (χ1) is 13.2. The van der Waals surface area contributed by atoms with E-state index in [0.717, 1.165) is 42.2 Å². The summed E-state index contributed by atoms with van der Waals surface area (Å²) in [6.07, 6.45) is 7.29. The van der Waals surface area contributed by atoms with E-state index in [1.54, 1.807) is 10.8 Å². The minimum absolute atomic E-state index is 0.139. The van der Waals surface area contributed by atoms with E-state index in [1.807, 2.05) is 25.4 Å². The Morgan fingerprint density at radius 3 is 2.78 bits per heavy atom. The number of imidazole rings is 1. The van der Waals surface area contributed by atoms with E-state index < -0.39 is 0 Å². The van der Waals surface area contributed by atoms with Crippen molar-refractivity contribution >= 4 is 11.3 Å². The molecule has 0 aliphatic heterocycles. The van der Waals surface area contributed by atoms with Crippen molar-refractivity contribution in [2.24, 2.45) is 0 Å². The summed E-state index contributed by atoms with van der Waals surface area (Å²) in [5, 5.41) is 16.5. The highest BCUT2D eigenvalue weighted by atomic mass is 15.3. The molecule has 0 radical (unpaired) electrons. The van der Waals surface area contributed by atoms with E-state index in [4.69, 9.17) is 0 Å². The van der Waals surface area contributed by atoms with Crippen molar-refractivity contribution in [3.05, 3.63) is 72.2 Å². The third-order valence-electron chi connectivity index (χ3n) is 4.79. The van der Waals surface area contributed by atoms with Crippen molar-refractivity contribution in [1.29, 1.82) is 0 Å². The Hall–Kier alpha value is -3.22. The number of hydrogen-bond acceptors (Lipinski definition) is 5. The number of rotatable bonds is 7. The second-order valence-corrected chi connectivity index (χ2v) is 6.57. The normalized spacial score (nSPS) is 12.4. The predicted octanol–water partition coefficient (Wildman–Crippen LogP) is 3.44. The van der Waals surface area contributed by atoms with Crippen LogP contribution in [0.1, 0.15) is 36.5 Å². The van der Waals surface area contributed by atoms with Gasteiger partial charge in [-0.05, 0) is 31.4 Å². The van der Waals surface area contributed by atoms with E-state index >= 15 is 0 Å². The molecule has 0 bridgehead atoms. The van der Waals surface area contributed by atoms with Gasteiger partial charge in [0.25, 0.3) is 0 Å². The maximum absolute atomic E-state index is 4.53. The minimum Gasteiger partial charge on any atom is -0.375 e. The average molecular weight is 361 g/mol. The highest BCUT2D eigenvalue weighted by Crippen LogP contribution is 2.26. The molecule has 0 saturated heterocycles. The molecule has 0 amide bonds. The van der Waals surface area contributed by atoms with Crippen LogP contribution in [0.4, 0.5) is 5.69 Å². The van der Waals surface area contributed by atoms with Gasteiger partial charge < -0.3 is 9.88 Å². The van der Waals surface area contributed by atoms with Gasteiger partial charge in [0.05, 0.1) is 17.4 Å². The van der Waals surface area contributed by atoms with Gasteiger partial charge in [-0.15, -0.1) is 10.2 Å². The van der Waals surface area contributed by atoms with Crippen LogP contribution in [0, 0.1) is 6.92 Å². The number of aryl methyl sites for hydroxylation is 3. The quantitative estimate of drug-likeness (QED) is 0.546. The van der Waals surface area contributed by atoms with Crippen LogP contribution >= 0.6 is 0 Å². The number of anilines is 1. The Morgan fingerprint density at radius 2 is 2.04 bits per heavy atom. The Bertz CT molecular complexity index is 1020. The summed E-state index contributed by atoms with van der Waals surface area (Å²) in [4.78, 5) is 4.32. The average Bonchev–Trinajstić information content (AvgIpc) is 3.34. The summed E-state index contributed by atoms with van der Waals surface area (Å²) in [7, 11) is 0. The monoisotopic (exact) mass is 361 g/mol.